The molecule has 1 aliphatic heterocycles. The monoisotopic (exact) mass is 219 g/mol. The van der Waals surface area contributed by atoms with Crippen LogP contribution in [0.5, 0.6) is 0 Å². The Kier molecular flexibility index (Phi) is 3.14. The molecule has 1 aromatic carbocycles. The summed E-state index contributed by atoms with van der Waals surface area (Å²) in [5, 5.41) is 13.9. The Morgan fingerprint density at radius 2 is 2.25 bits per heavy atom. The van der Waals surface area contributed by atoms with Crippen LogP contribution in [-0.4, -0.2) is 17.3 Å². The van der Waals surface area contributed by atoms with E-state index in [-0.39, 0.29) is 10.6 Å². The van der Waals surface area contributed by atoms with E-state index in [1.165, 1.54) is 6.07 Å². The van der Waals surface area contributed by atoms with Gasteiger partial charge in [-0.3, -0.25) is 15.1 Å². The van der Waals surface area contributed by atoms with Crippen molar-refractivity contribution in [1.82, 2.24) is 5.32 Å². The summed E-state index contributed by atoms with van der Waals surface area (Å²) in [5.74, 6) is 0.957. The highest BCUT2D eigenvalue weighted by molar-refractivity contribution is 5.83. The molecule has 1 N–H and O–H groups in total. The molecule has 2 rings (SSSR count). The van der Waals surface area contributed by atoms with Gasteiger partial charge >= 0.3 is 0 Å². The minimum absolute atomic E-state index is 0.161. The number of aliphatic imine (C=N–C) groups is 1. The first-order chi connectivity index (χ1) is 7.77. The van der Waals surface area contributed by atoms with Gasteiger partial charge in [0.05, 0.1) is 10.8 Å². The number of nitro benzene ring substituents is 1. The lowest BCUT2D eigenvalue weighted by Crippen LogP contribution is -2.21. The molecule has 0 atom stereocenters. The van der Waals surface area contributed by atoms with Crippen molar-refractivity contribution in [3.8, 4) is 0 Å². The first kappa shape index (κ1) is 10.6. The zero-order valence-electron chi connectivity index (χ0n) is 8.85. The number of para-hydroxylation sites is 1. The number of nitrogens with zero attached hydrogens (tertiary/aromatic N) is 2. The molecule has 1 heterocycles. The lowest BCUT2D eigenvalue weighted by Gasteiger charge is -2.05. The summed E-state index contributed by atoms with van der Waals surface area (Å²) in [6.07, 6.45) is 2.01. The lowest BCUT2D eigenvalue weighted by molar-refractivity contribution is -0.385. The van der Waals surface area contributed by atoms with Crippen molar-refractivity contribution in [1.29, 1.82) is 0 Å². The fourth-order valence-corrected chi connectivity index (χ4v) is 1.72. The number of nitro groups is 1. The molecule has 0 saturated carbocycles. The summed E-state index contributed by atoms with van der Waals surface area (Å²) in [4.78, 5) is 14.7. The standard InChI is InChI=1S/C11H13N3O2/c15-14(16)10-5-2-1-4-9(10)8-13-11-6-3-7-12-11/h1-2,4-5H,3,6-8H2,(H,12,13). The first-order valence-electron chi connectivity index (χ1n) is 5.27. The Balaban J connectivity index is 2.05. The maximum absolute atomic E-state index is 10.8. The van der Waals surface area contributed by atoms with E-state index < -0.39 is 0 Å². The van der Waals surface area contributed by atoms with Gasteiger partial charge in [0.2, 0.25) is 0 Å². The zero-order valence-corrected chi connectivity index (χ0v) is 8.85. The third-order valence-electron chi connectivity index (χ3n) is 2.55. The highest BCUT2D eigenvalue weighted by Gasteiger charge is 2.13. The number of amidine groups is 1. The molecule has 84 valence electrons. The van der Waals surface area contributed by atoms with Crippen LogP contribution in [0.1, 0.15) is 18.4 Å². The van der Waals surface area contributed by atoms with Crippen molar-refractivity contribution in [2.45, 2.75) is 19.4 Å². The molecular weight excluding hydrogens is 206 g/mol. The Labute approximate surface area is 93.3 Å². The number of benzene rings is 1. The summed E-state index contributed by atoms with van der Waals surface area (Å²) in [6.45, 7) is 1.33. The maximum Gasteiger partial charge on any atom is 0.274 e. The molecule has 0 spiro atoms. The number of hydrogen-bond acceptors (Lipinski definition) is 4. The van der Waals surface area contributed by atoms with Crippen molar-refractivity contribution in [3.05, 3.63) is 39.9 Å². The van der Waals surface area contributed by atoms with Gasteiger partial charge in [-0.2, -0.15) is 0 Å². The van der Waals surface area contributed by atoms with E-state index in [9.17, 15) is 10.1 Å². The molecule has 1 aliphatic rings. The Morgan fingerprint density at radius 1 is 1.44 bits per heavy atom. The second kappa shape index (κ2) is 4.74. The van der Waals surface area contributed by atoms with Crippen LogP contribution in [0.2, 0.25) is 0 Å². The Bertz CT molecular complexity index is 429. The third kappa shape index (κ3) is 2.36. The van der Waals surface area contributed by atoms with Crippen LogP contribution in [0.25, 0.3) is 0 Å². The summed E-state index contributed by atoms with van der Waals surface area (Å²) < 4.78 is 0. The van der Waals surface area contributed by atoms with Gasteiger partial charge in [0, 0.05) is 31.1 Å². The van der Waals surface area contributed by atoms with Crippen LogP contribution in [-0.2, 0) is 6.54 Å². The highest BCUT2D eigenvalue weighted by Crippen LogP contribution is 2.17. The van der Waals surface area contributed by atoms with Gasteiger partial charge in [-0.1, -0.05) is 18.2 Å². The average Bonchev–Trinajstić information content (AvgIpc) is 2.79. The molecule has 5 nitrogen and oxygen atoms in total. The summed E-state index contributed by atoms with van der Waals surface area (Å²) in [5.41, 5.74) is 0.857. The molecule has 0 bridgehead atoms. The average molecular weight is 219 g/mol. The van der Waals surface area contributed by atoms with E-state index in [1.54, 1.807) is 18.2 Å². The molecule has 16 heavy (non-hydrogen) atoms. The summed E-state index contributed by atoms with van der Waals surface area (Å²) >= 11 is 0. The van der Waals surface area contributed by atoms with E-state index in [1.807, 2.05) is 0 Å². The second-order valence-corrected chi connectivity index (χ2v) is 3.67. The van der Waals surface area contributed by atoms with E-state index >= 15 is 0 Å². The van der Waals surface area contributed by atoms with Crippen molar-refractivity contribution < 1.29 is 4.92 Å². The SMILES string of the molecule is O=[N+]([O-])c1ccccc1CNC1=NCCC1. The van der Waals surface area contributed by atoms with Crippen LogP contribution in [0.3, 0.4) is 0 Å². The molecule has 0 saturated heterocycles. The highest BCUT2D eigenvalue weighted by atomic mass is 16.6. The normalized spacial score (nSPS) is 14.6. The molecule has 0 radical (unpaired) electrons. The molecule has 0 amide bonds. The Morgan fingerprint density at radius 3 is 2.94 bits per heavy atom. The largest absolute Gasteiger partial charge is 0.369 e. The predicted octanol–water partition coefficient (Wildman–Crippen LogP) is 1.88. The molecule has 0 aromatic heterocycles. The van der Waals surface area contributed by atoms with Crippen LogP contribution < -0.4 is 5.32 Å². The number of rotatable bonds is 3. The van der Waals surface area contributed by atoms with Crippen LogP contribution in [0.4, 0.5) is 5.69 Å². The zero-order chi connectivity index (χ0) is 11.4. The maximum atomic E-state index is 10.8. The van der Waals surface area contributed by atoms with Crippen LogP contribution >= 0.6 is 0 Å². The summed E-state index contributed by atoms with van der Waals surface area (Å²) in [7, 11) is 0. The Hall–Kier alpha value is -1.91. The topological polar surface area (TPSA) is 67.5 Å². The van der Waals surface area contributed by atoms with Gasteiger partial charge in [-0.05, 0) is 6.42 Å². The first-order valence-corrected chi connectivity index (χ1v) is 5.27. The minimum atomic E-state index is -0.354. The molecule has 0 fully saturated rings. The number of hydrogen-bond donors (Lipinski definition) is 1. The minimum Gasteiger partial charge on any atom is -0.369 e. The van der Waals surface area contributed by atoms with E-state index in [2.05, 4.69) is 10.3 Å². The van der Waals surface area contributed by atoms with Gasteiger partial charge in [-0.15, -0.1) is 0 Å². The van der Waals surface area contributed by atoms with Crippen LogP contribution in [0.15, 0.2) is 29.3 Å². The molecule has 0 unspecified atom stereocenters. The van der Waals surface area contributed by atoms with Crippen molar-refractivity contribution in [2.75, 3.05) is 6.54 Å². The van der Waals surface area contributed by atoms with Gasteiger partial charge in [0.1, 0.15) is 0 Å². The van der Waals surface area contributed by atoms with Crippen molar-refractivity contribution >= 4 is 11.5 Å². The predicted molar refractivity (Wildman–Crippen MR) is 61.5 cm³/mol. The summed E-state index contributed by atoms with van der Waals surface area (Å²) in [6, 6.07) is 6.77. The van der Waals surface area contributed by atoms with Crippen molar-refractivity contribution in [3.63, 3.8) is 0 Å². The van der Waals surface area contributed by atoms with Gasteiger partial charge < -0.3 is 5.32 Å². The van der Waals surface area contributed by atoms with E-state index in [0.29, 0.717) is 12.1 Å². The van der Waals surface area contributed by atoms with Crippen molar-refractivity contribution in [2.24, 2.45) is 4.99 Å². The quantitative estimate of drug-likeness (QED) is 0.623. The second-order valence-electron chi connectivity index (χ2n) is 3.67. The lowest BCUT2D eigenvalue weighted by atomic mass is 10.2. The molecular formula is C11H13N3O2. The molecule has 0 aliphatic carbocycles. The van der Waals surface area contributed by atoms with Gasteiger partial charge in [0.15, 0.2) is 0 Å². The van der Waals surface area contributed by atoms with E-state index in [4.69, 9.17) is 0 Å². The van der Waals surface area contributed by atoms with E-state index in [0.717, 1.165) is 25.2 Å². The molecule has 1 aromatic rings. The fraction of sp³-hybridized carbons (Fsp3) is 0.364. The number of nitrogens with one attached hydrogen (secondary N) is 1. The van der Waals surface area contributed by atoms with Crippen LogP contribution in [0, 0.1) is 10.1 Å². The smallest absolute Gasteiger partial charge is 0.274 e. The third-order valence-corrected chi connectivity index (χ3v) is 2.55. The molecule has 5 heteroatoms. The van der Waals surface area contributed by atoms with Gasteiger partial charge in [-0.25, -0.2) is 0 Å². The fourth-order valence-electron chi connectivity index (χ4n) is 1.72. The van der Waals surface area contributed by atoms with Gasteiger partial charge in [0.25, 0.3) is 5.69 Å².